The van der Waals surface area contributed by atoms with Crippen LogP contribution in [0.25, 0.3) is 0 Å². The zero-order valence-corrected chi connectivity index (χ0v) is 10.0. The predicted octanol–water partition coefficient (Wildman–Crippen LogP) is 0.197. The monoisotopic (exact) mass is 251 g/mol. The molecule has 1 rings (SSSR count). The molecule has 1 aromatic rings. The molecule has 0 aliphatic rings. The van der Waals surface area contributed by atoms with Crippen molar-refractivity contribution in [1.82, 2.24) is 9.88 Å². The van der Waals surface area contributed by atoms with Crippen LogP contribution in [0.2, 0.25) is 0 Å². The lowest BCUT2D eigenvalue weighted by Crippen LogP contribution is -2.33. The molecule has 1 aromatic heterocycles. The van der Waals surface area contributed by atoms with Gasteiger partial charge in [0.25, 0.3) is 0 Å². The third-order valence-corrected chi connectivity index (χ3v) is 2.20. The highest BCUT2D eigenvalue weighted by molar-refractivity contribution is 6.00. The summed E-state index contributed by atoms with van der Waals surface area (Å²) in [5.41, 5.74) is -0.136. The smallest absolute Gasteiger partial charge is 0.356 e. The van der Waals surface area contributed by atoms with E-state index in [0.29, 0.717) is 0 Å². The van der Waals surface area contributed by atoms with E-state index in [2.05, 4.69) is 10.3 Å². The molecule has 2 amide bonds. The Kier molecular flexibility index (Phi) is 4.36. The number of carbonyl (C=O) groups excluding carboxylic acids is 2. The number of rotatable bonds is 4. The van der Waals surface area contributed by atoms with Crippen LogP contribution in [0.4, 0.5) is 5.69 Å². The number of pyridine rings is 1. The third-order valence-electron chi connectivity index (χ3n) is 2.20. The maximum Gasteiger partial charge on any atom is 0.356 e. The summed E-state index contributed by atoms with van der Waals surface area (Å²) in [7, 11) is 1.48. The number of aromatic nitrogens is 1. The first-order chi connectivity index (χ1) is 8.41. The first-order valence-electron chi connectivity index (χ1n) is 5.11. The van der Waals surface area contributed by atoms with E-state index < -0.39 is 11.9 Å². The molecule has 2 N–H and O–H groups in total. The molecule has 0 unspecified atom stereocenters. The fourth-order valence-corrected chi connectivity index (χ4v) is 1.19. The Balaban J connectivity index is 2.76. The Morgan fingerprint density at radius 3 is 2.67 bits per heavy atom. The standard InChI is InChI=1S/C11H13N3O4/c1-7(15)14(2)6-9(16)13-8-4-3-5-12-10(8)11(17)18/h3-5H,6H2,1-2H3,(H,13,16)(H,17,18). The molecule has 7 heteroatoms. The maximum absolute atomic E-state index is 11.6. The molecule has 18 heavy (non-hydrogen) atoms. The quantitative estimate of drug-likeness (QED) is 0.796. The van der Waals surface area contributed by atoms with Gasteiger partial charge in [0.1, 0.15) is 0 Å². The van der Waals surface area contributed by atoms with Crippen molar-refractivity contribution in [2.24, 2.45) is 0 Å². The number of aromatic carboxylic acids is 1. The number of hydrogen-bond donors (Lipinski definition) is 2. The number of anilines is 1. The SMILES string of the molecule is CC(=O)N(C)CC(=O)Nc1cccnc1C(=O)O. The van der Waals surface area contributed by atoms with Gasteiger partial charge in [-0.1, -0.05) is 0 Å². The first-order valence-corrected chi connectivity index (χ1v) is 5.11. The number of likely N-dealkylation sites (N-methyl/N-ethyl adjacent to an activating group) is 1. The van der Waals surface area contributed by atoms with E-state index in [9.17, 15) is 14.4 Å². The predicted molar refractivity (Wildman–Crippen MR) is 63.1 cm³/mol. The Morgan fingerprint density at radius 1 is 1.44 bits per heavy atom. The summed E-state index contributed by atoms with van der Waals surface area (Å²) in [5.74, 6) is -1.97. The van der Waals surface area contributed by atoms with Gasteiger partial charge >= 0.3 is 5.97 Å². The van der Waals surface area contributed by atoms with Gasteiger partial charge in [0, 0.05) is 20.2 Å². The zero-order chi connectivity index (χ0) is 13.7. The number of carbonyl (C=O) groups is 3. The molecule has 0 fully saturated rings. The Bertz CT molecular complexity index is 487. The maximum atomic E-state index is 11.6. The lowest BCUT2D eigenvalue weighted by molar-refractivity contribution is -0.131. The number of carboxylic acid groups (broad SMARTS) is 1. The van der Waals surface area contributed by atoms with E-state index in [1.165, 1.54) is 37.2 Å². The highest BCUT2D eigenvalue weighted by Gasteiger charge is 2.14. The van der Waals surface area contributed by atoms with Gasteiger partial charge in [0.2, 0.25) is 11.8 Å². The fourth-order valence-electron chi connectivity index (χ4n) is 1.19. The molecule has 0 radical (unpaired) electrons. The molecular formula is C11H13N3O4. The average Bonchev–Trinajstić information content (AvgIpc) is 2.28. The lowest BCUT2D eigenvalue weighted by Gasteiger charge is -2.14. The van der Waals surface area contributed by atoms with Crippen LogP contribution >= 0.6 is 0 Å². The van der Waals surface area contributed by atoms with Gasteiger partial charge in [-0.2, -0.15) is 0 Å². The van der Waals surface area contributed by atoms with Crippen LogP contribution in [-0.4, -0.2) is 46.4 Å². The number of carboxylic acids is 1. The normalized spacial score (nSPS) is 9.67. The van der Waals surface area contributed by atoms with E-state index in [1.54, 1.807) is 0 Å². The van der Waals surface area contributed by atoms with Gasteiger partial charge in [-0.15, -0.1) is 0 Å². The minimum atomic E-state index is -1.23. The third kappa shape index (κ3) is 3.55. The van der Waals surface area contributed by atoms with Crippen LogP contribution in [0.3, 0.4) is 0 Å². The van der Waals surface area contributed by atoms with Gasteiger partial charge < -0.3 is 15.3 Å². The molecule has 0 saturated heterocycles. The summed E-state index contributed by atoms with van der Waals surface area (Å²) in [6, 6.07) is 2.94. The summed E-state index contributed by atoms with van der Waals surface area (Å²) in [4.78, 5) is 38.2. The van der Waals surface area contributed by atoms with Gasteiger partial charge in [-0.25, -0.2) is 9.78 Å². The van der Waals surface area contributed by atoms with E-state index >= 15 is 0 Å². The van der Waals surface area contributed by atoms with Crippen LogP contribution in [0.15, 0.2) is 18.3 Å². The van der Waals surface area contributed by atoms with Gasteiger partial charge in [-0.3, -0.25) is 9.59 Å². The second kappa shape index (κ2) is 5.76. The molecule has 0 aliphatic heterocycles. The van der Waals surface area contributed by atoms with Crippen LogP contribution < -0.4 is 5.32 Å². The number of nitrogens with zero attached hydrogens (tertiary/aromatic N) is 2. The minimum Gasteiger partial charge on any atom is -0.476 e. The number of amides is 2. The van der Waals surface area contributed by atoms with E-state index in [-0.39, 0.29) is 23.8 Å². The molecule has 0 atom stereocenters. The summed E-state index contributed by atoms with van der Waals surface area (Å²) in [6.07, 6.45) is 1.32. The summed E-state index contributed by atoms with van der Waals surface area (Å²) in [5, 5.41) is 11.3. The van der Waals surface area contributed by atoms with E-state index in [1.807, 2.05) is 0 Å². The summed E-state index contributed by atoms with van der Waals surface area (Å²) >= 11 is 0. The van der Waals surface area contributed by atoms with Crippen molar-refractivity contribution in [3.05, 3.63) is 24.0 Å². The van der Waals surface area contributed by atoms with Gasteiger partial charge in [0.15, 0.2) is 5.69 Å². The number of nitrogens with one attached hydrogen (secondary N) is 1. The molecule has 0 spiro atoms. The second-order valence-corrected chi connectivity index (χ2v) is 3.63. The van der Waals surface area contributed by atoms with Crippen molar-refractivity contribution in [3.8, 4) is 0 Å². The largest absolute Gasteiger partial charge is 0.476 e. The van der Waals surface area contributed by atoms with Crippen molar-refractivity contribution in [2.75, 3.05) is 18.9 Å². The van der Waals surface area contributed by atoms with Crippen molar-refractivity contribution < 1.29 is 19.5 Å². The minimum absolute atomic E-state index is 0.104. The van der Waals surface area contributed by atoms with Crippen LogP contribution in [0.1, 0.15) is 17.4 Å². The molecule has 96 valence electrons. The molecule has 0 aromatic carbocycles. The van der Waals surface area contributed by atoms with Crippen molar-refractivity contribution >= 4 is 23.5 Å². The molecule has 1 heterocycles. The fraction of sp³-hybridized carbons (Fsp3) is 0.273. The second-order valence-electron chi connectivity index (χ2n) is 3.63. The zero-order valence-electron chi connectivity index (χ0n) is 10.0. The lowest BCUT2D eigenvalue weighted by atomic mass is 10.3. The summed E-state index contributed by atoms with van der Waals surface area (Å²) in [6.45, 7) is 1.18. The van der Waals surface area contributed by atoms with E-state index in [4.69, 9.17) is 5.11 Å². The highest BCUT2D eigenvalue weighted by Crippen LogP contribution is 2.11. The Labute approximate surface area is 103 Å². The van der Waals surface area contributed by atoms with Crippen LogP contribution in [-0.2, 0) is 9.59 Å². The highest BCUT2D eigenvalue weighted by atomic mass is 16.4. The van der Waals surface area contributed by atoms with E-state index in [0.717, 1.165) is 0 Å². The Morgan fingerprint density at radius 2 is 2.11 bits per heavy atom. The van der Waals surface area contributed by atoms with Crippen LogP contribution in [0.5, 0.6) is 0 Å². The van der Waals surface area contributed by atoms with Gasteiger partial charge in [-0.05, 0) is 12.1 Å². The molecule has 7 nitrogen and oxygen atoms in total. The van der Waals surface area contributed by atoms with Crippen molar-refractivity contribution in [1.29, 1.82) is 0 Å². The number of hydrogen-bond acceptors (Lipinski definition) is 4. The topological polar surface area (TPSA) is 99.6 Å². The van der Waals surface area contributed by atoms with Crippen LogP contribution in [0, 0.1) is 0 Å². The van der Waals surface area contributed by atoms with Gasteiger partial charge in [0.05, 0.1) is 12.2 Å². The molecular weight excluding hydrogens is 238 g/mol. The molecule has 0 aliphatic carbocycles. The Hall–Kier alpha value is -2.44. The van der Waals surface area contributed by atoms with Crippen molar-refractivity contribution in [2.45, 2.75) is 6.92 Å². The van der Waals surface area contributed by atoms with Crippen molar-refractivity contribution in [3.63, 3.8) is 0 Å². The average molecular weight is 251 g/mol. The molecule has 0 bridgehead atoms. The molecule has 0 saturated carbocycles. The first kappa shape index (κ1) is 13.6. The summed E-state index contributed by atoms with van der Waals surface area (Å²) < 4.78 is 0.